The fraction of sp³-hybridized carbons (Fsp3) is 0.381. The van der Waals surface area contributed by atoms with E-state index < -0.39 is 0 Å². The number of nitrogens with one attached hydrogen (secondary N) is 1. The summed E-state index contributed by atoms with van der Waals surface area (Å²) in [6, 6.07) is 8.05. The van der Waals surface area contributed by atoms with Crippen molar-refractivity contribution in [1.82, 2.24) is 14.5 Å². The number of carbonyl (C=O) groups is 1. The average molecular weight is 396 g/mol. The topological polar surface area (TPSA) is 63.1 Å². The Balaban J connectivity index is 1.37. The highest BCUT2D eigenvalue weighted by molar-refractivity contribution is 7.12. The van der Waals surface area contributed by atoms with Crippen molar-refractivity contribution in [2.24, 2.45) is 0 Å². The molecule has 0 aromatic carbocycles. The highest BCUT2D eigenvalue weighted by Gasteiger charge is 2.13. The van der Waals surface area contributed by atoms with E-state index in [4.69, 9.17) is 0 Å². The Morgan fingerprint density at radius 3 is 2.54 bits per heavy atom. The molecule has 0 bridgehead atoms. The number of piperidine rings is 1. The van der Waals surface area contributed by atoms with Gasteiger partial charge in [-0.25, -0.2) is 9.97 Å². The molecule has 0 saturated carbocycles. The molecule has 1 aliphatic rings. The van der Waals surface area contributed by atoms with Crippen molar-refractivity contribution in [3.8, 4) is 5.13 Å². The molecule has 0 spiro atoms. The molecule has 28 heavy (non-hydrogen) atoms. The predicted molar refractivity (Wildman–Crippen MR) is 114 cm³/mol. The number of hydrogen-bond donors (Lipinski definition) is 1. The summed E-state index contributed by atoms with van der Waals surface area (Å²) in [6.07, 6.45) is 5.86. The molecule has 1 N–H and O–H groups in total. The average Bonchev–Trinajstić information content (AvgIpc) is 3.28. The van der Waals surface area contributed by atoms with Crippen molar-refractivity contribution in [2.45, 2.75) is 39.5 Å². The Morgan fingerprint density at radius 2 is 1.86 bits per heavy atom. The third-order valence-corrected chi connectivity index (χ3v) is 5.95. The molecular formula is C21H25N5OS. The van der Waals surface area contributed by atoms with E-state index in [1.807, 2.05) is 23.7 Å². The summed E-state index contributed by atoms with van der Waals surface area (Å²) < 4.78 is 2.10. The molecule has 6 nitrogen and oxygen atoms in total. The van der Waals surface area contributed by atoms with Crippen LogP contribution in [0.2, 0.25) is 0 Å². The summed E-state index contributed by atoms with van der Waals surface area (Å²) in [6.45, 7) is 6.28. The maximum atomic E-state index is 12.4. The number of anilines is 2. The predicted octanol–water partition coefficient (Wildman–Crippen LogP) is 4.12. The molecular weight excluding hydrogens is 370 g/mol. The normalized spacial score (nSPS) is 14.3. The van der Waals surface area contributed by atoms with Crippen molar-refractivity contribution in [3.05, 3.63) is 52.9 Å². The summed E-state index contributed by atoms with van der Waals surface area (Å²) in [5, 5.41) is 5.72. The maximum absolute atomic E-state index is 12.4. The molecule has 1 aliphatic heterocycles. The summed E-state index contributed by atoms with van der Waals surface area (Å²) in [5.74, 6) is 0.481. The third kappa shape index (κ3) is 4.09. The lowest BCUT2D eigenvalue weighted by molar-refractivity contribution is -0.115. The van der Waals surface area contributed by atoms with Gasteiger partial charge in [-0.05, 0) is 57.4 Å². The Bertz CT molecular complexity index is 934. The smallest absolute Gasteiger partial charge is 0.231 e. The van der Waals surface area contributed by atoms with Crippen LogP contribution in [-0.2, 0) is 11.2 Å². The fourth-order valence-electron chi connectivity index (χ4n) is 3.60. The van der Waals surface area contributed by atoms with Crippen molar-refractivity contribution in [2.75, 3.05) is 23.3 Å². The maximum Gasteiger partial charge on any atom is 0.231 e. The molecule has 0 unspecified atom stereocenters. The van der Waals surface area contributed by atoms with Crippen molar-refractivity contribution >= 4 is 28.7 Å². The number of aryl methyl sites for hydroxylation is 2. The number of pyridine rings is 1. The number of carbonyl (C=O) groups excluding carboxylic acids is 1. The van der Waals surface area contributed by atoms with E-state index in [0.717, 1.165) is 41.0 Å². The van der Waals surface area contributed by atoms with Gasteiger partial charge in [0.2, 0.25) is 5.91 Å². The Labute approximate surface area is 169 Å². The molecule has 7 heteroatoms. The second-order valence-electron chi connectivity index (χ2n) is 7.25. The molecule has 0 radical (unpaired) electrons. The van der Waals surface area contributed by atoms with E-state index in [9.17, 15) is 4.79 Å². The zero-order valence-electron chi connectivity index (χ0n) is 16.3. The largest absolute Gasteiger partial charge is 0.370 e. The second kappa shape index (κ2) is 8.14. The van der Waals surface area contributed by atoms with Crippen LogP contribution >= 0.6 is 11.3 Å². The molecule has 0 atom stereocenters. The van der Waals surface area contributed by atoms with Crippen molar-refractivity contribution in [3.63, 3.8) is 0 Å². The number of nitrogens with zero attached hydrogens (tertiary/aromatic N) is 4. The zero-order valence-corrected chi connectivity index (χ0v) is 17.1. The van der Waals surface area contributed by atoms with Crippen molar-refractivity contribution < 1.29 is 4.79 Å². The van der Waals surface area contributed by atoms with Crippen LogP contribution in [0, 0.1) is 13.8 Å². The summed E-state index contributed by atoms with van der Waals surface area (Å²) >= 11 is 1.55. The molecule has 0 aliphatic carbocycles. The van der Waals surface area contributed by atoms with Gasteiger partial charge < -0.3 is 10.2 Å². The summed E-state index contributed by atoms with van der Waals surface area (Å²) in [7, 11) is 0. The van der Waals surface area contributed by atoms with E-state index in [-0.39, 0.29) is 12.3 Å². The number of thiazole rings is 1. The molecule has 3 aromatic heterocycles. The molecule has 4 rings (SSSR count). The van der Waals surface area contributed by atoms with Gasteiger partial charge in [0.1, 0.15) is 5.82 Å². The third-order valence-electron chi connectivity index (χ3n) is 5.08. The number of hydrogen-bond acceptors (Lipinski definition) is 5. The van der Waals surface area contributed by atoms with Gasteiger partial charge in [0, 0.05) is 29.9 Å². The molecule has 1 saturated heterocycles. The van der Waals surface area contributed by atoms with Crippen molar-refractivity contribution in [1.29, 1.82) is 0 Å². The Kier molecular flexibility index (Phi) is 5.43. The van der Waals surface area contributed by atoms with Crippen LogP contribution < -0.4 is 10.2 Å². The molecule has 146 valence electrons. The summed E-state index contributed by atoms with van der Waals surface area (Å²) in [4.78, 5) is 23.8. The second-order valence-corrected chi connectivity index (χ2v) is 8.08. The van der Waals surface area contributed by atoms with Gasteiger partial charge in [-0.1, -0.05) is 0 Å². The van der Waals surface area contributed by atoms with Gasteiger partial charge in [-0.3, -0.25) is 9.36 Å². The first-order chi connectivity index (χ1) is 13.6. The SMILES string of the molecule is Cc1ccc(C)n1-c1nc(CC(=O)Nc2ccc(N3CCCCC3)cn2)cs1. The molecule has 1 amide bonds. The van der Waals surface area contributed by atoms with Crippen LogP contribution in [0.15, 0.2) is 35.8 Å². The van der Waals surface area contributed by atoms with E-state index in [2.05, 4.69) is 50.7 Å². The van der Waals surface area contributed by atoms with Crippen LogP contribution in [0.25, 0.3) is 5.13 Å². The van der Waals surface area contributed by atoms with E-state index >= 15 is 0 Å². The first kappa shape index (κ1) is 18.7. The van der Waals surface area contributed by atoms with E-state index in [1.165, 1.54) is 19.3 Å². The lowest BCUT2D eigenvalue weighted by Gasteiger charge is -2.28. The quantitative estimate of drug-likeness (QED) is 0.706. The van der Waals surface area contributed by atoms with Gasteiger partial charge >= 0.3 is 0 Å². The Morgan fingerprint density at radius 1 is 1.11 bits per heavy atom. The molecule has 4 heterocycles. The van der Waals surface area contributed by atoms with Gasteiger partial charge in [0.15, 0.2) is 5.13 Å². The summed E-state index contributed by atoms with van der Waals surface area (Å²) in [5.41, 5.74) is 4.18. The zero-order chi connectivity index (χ0) is 19.5. The van der Waals surface area contributed by atoms with Gasteiger partial charge in [0.25, 0.3) is 0 Å². The lowest BCUT2D eigenvalue weighted by atomic mass is 10.1. The lowest BCUT2D eigenvalue weighted by Crippen LogP contribution is -2.29. The van der Waals surface area contributed by atoms with Crippen LogP contribution in [0.4, 0.5) is 11.5 Å². The highest BCUT2D eigenvalue weighted by atomic mass is 32.1. The van der Waals surface area contributed by atoms with Gasteiger partial charge in [-0.15, -0.1) is 11.3 Å². The standard InChI is InChI=1S/C21H25N5OS/c1-15-6-7-16(2)26(15)21-23-17(14-28-21)12-20(27)24-19-9-8-18(13-22-19)25-10-4-3-5-11-25/h6-9,13-14H,3-5,10-12H2,1-2H3,(H,22,24,27). The first-order valence-electron chi connectivity index (χ1n) is 9.71. The Hall–Kier alpha value is -2.67. The van der Waals surface area contributed by atoms with Crippen LogP contribution in [0.1, 0.15) is 36.3 Å². The van der Waals surface area contributed by atoms with Crippen LogP contribution in [0.5, 0.6) is 0 Å². The minimum absolute atomic E-state index is 0.101. The minimum Gasteiger partial charge on any atom is -0.370 e. The minimum atomic E-state index is -0.101. The van der Waals surface area contributed by atoms with Crippen LogP contribution in [-0.4, -0.2) is 33.5 Å². The highest BCUT2D eigenvalue weighted by Crippen LogP contribution is 2.22. The monoisotopic (exact) mass is 395 g/mol. The number of aromatic nitrogens is 3. The molecule has 3 aromatic rings. The van der Waals surface area contributed by atoms with Gasteiger partial charge in [0.05, 0.1) is 24.0 Å². The van der Waals surface area contributed by atoms with E-state index in [1.54, 1.807) is 11.3 Å². The van der Waals surface area contributed by atoms with Gasteiger partial charge in [-0.2, -0.15) is 0 Å². The van der Waals surface area contributed by atoms with E-state index in [0.29, 0.717) is 5.82 Å². The number of rotatable bonds is 5. The number of amides is 1. The first-order valence-corrected chi connectivity index (χ1v) is 10.6. The molecule has 1 fully saturated rings. The fourth-order valence-corrected chi connectivity index (χ4v) is 4.54. The van der Waals surface area contributed by atoms with Crippen LogP contribution in [0.3, 0.4) is 0 Å².